The Morgan fingerprint density at radius 1 is 1.00 bits per heavy atom. The van der Waals surface area contributed by atoms with Crippen LogP contribution in [0.5, 0.6) is 0 Å². The zero-order chi connectivity index (χ0) is 15.9. The Hall–Kier alpha value is -1.30. The second-order valence-corrected chi connectivity index (χ2v) is 6.10. The van der Waals surface area contributed by atoms with Gasteiger partial charge in [0.25, 0.3) is 0 Å². The molecule has 6 nitrogen and oxygen atoms in total. The Morgan fingerprint density at radius 3 is 2.32 bits per heavy atom. The van der Waals surface area contributed by atoms with Gasteiger partial charge in [0.1, 0.15) is 0 Å². The van der Waals surface area contributed by atoms with Crippen molar-refractivity contribution < 1.29 is 14.3 Å². The first-order valence-corrected chi connectivity index (χ1v) is 8.59. The summed E-state index contributed by atoms with van der Waals surface area (Å²) >= 11 is 0. The predicted octanol–water partition coefficient (Wildman–Crippen LogP) is 1.55. The highest BCUT2D eigenvalue weighted by Crippen LogP contribution is 2.19. The molecule has 1 unspecified atom stereocenters. The standard InChI is InChI=1S/C16H29N3O3/c1-3-14-7-5-6-8-19(14)13-15(20)17-9-11-18(12-10-17)16(21)22-4-2/h14H,3-13H2,1-2H3. The number of piperidine rings is 1. The molecule has 22 heavy (non-hydrogen) atoms. The van der Waals surface area contributed by atoms with Crippen LogP contribution >= 0.6 is 0 Å². The van der Waals surface area contributed by atoms with Crippen LogP contribution < -0.4 is 0 Å². The van der Waals surface area contributed by atoms with Crippen LogP contribution in [0.4, 0.5) is 4.79 Å². The van der Waals surface area contributed by atoms with Gasteiger partial charge in [-0.3, -0.25) is 9.69 Å². The number of likely N-dealkylation sites (tertiary alicyclic amines) is 1. The van der Waals surface area contributed by atoms with E-state index < -0.39 is 0 Å². The fourth-order valence-corrected chi connectivity index (χ4v) is 3.36. The molecule has 2 amide bonds. The van der Waals surface area contributed by atoms with Gasteiger partial charge in [-0.15, -0.1) is 0 Å². The summed E-state index contributed by atoms with van der Waals surface area (Å²) in [4.78, 5) is 30.1. The highest BCUT2D eigenvalue weighted by Gasteiger charge is 2.28. The lowest BCUT2D eigenvalue weighted by Crippen LogP contribution is -2.54. The normalized spacial score (nSPS) is 23.5. The average Bonchev–Trinajstić information content (AvgIpc) is 2.55. The zero-order valence-electron chi connectivity index (χ0n) is 13.9. The molecule has 1 atom stereocenters. The largest absolute Gasteiger partial charge is 0.450 e. The molecule has 2 fully saturated rings. The van der Waals surface area contributed by atoms with Crippen LogP contribution in [-0.4, -0.2) is 78.6 Å². The molecule has 2 rings (SSSR count). The summed E-state index contributed by atoms with van der Waals surface area (Å²) < 4.78 is 5.00. The smallest absolute Gasteiger partial charge is 0.409 e. The van der Waals surface area contributed by atoms with E-state index in [-0.39, 0.29) is 12.0 Å². The molecule has 0 aromatic heterocycles. The first kappa shape index (κ1) is 17.1. The number of piperazine rings is 1. The minimum absolute atomic E-state index is 0.198. The number of ether oxygens (including phenoxy) is 1. The van der Waals surface area contributed by atoms with Gasteiger partial charge in [-0.2, -0.15) is 0 Å². The number of hydrogen-bond acceptors (Lipinski definition) is 4. The molecule has 2 aliphatic rings. The third-order valence-electron chi connectivity index (χ3n) is 4.72. The molecule has 2 aliphatic heterocycles. The minimum Gasteiger partial charge on any atom is -0.450 e. The first-order valence-electron chi connectivity index (χ1n) is 8.59. The lowest BCUT2D eigenvalue weighted by Gasteiger charge is -2.38. The molecule has 0 aromatic carbocycles. The fourth-order valence-electron chi connectivity index (χ4n) is 3.36. The van der Waals surface area contributed by atoms with Crippen LogP contribution in [0.25, 0.3) is 0 Å². The Bertz CT molecular complexity index is 381. The van der Waals surface area contributed by atoms with Crippen LogP contribution in [0.3, 0.4) is 0 Å². The van der Waals surface area contributed by atoms with Crippen molar-refractivity contribution in [1.29, 1.82) is 0 Å². The van der Waals surface area contributed by atoms with Gasteiger partial charge in [-0.05, 0) is 32.7 Å². The van der Waals surface area contributed by atoms with Gasteiger partial charge in [0.05, 0.1) is 13.2 Å². The number of rotatable bonds is 4. The number of nitrogens with zero attached hydrogens (tertiary/aromatic N) is 3. The van der Waals surface area contributed by atoms with Crippen molar-refractivity contribution in [3.8, 4) is 0 Å². The van der Waals surface area contributed by atoms with Gasteiger partial charge in [0.2, 0.25) is 5.91 Å². The molecule has 2 heterocycles. The Labute approximate surface area is 133 Å². The Balaban J connectivity index is 1.78. The molecule has 0 spiro atoms. The lowest BCUT2D eigenvalue weighted by molar-refractivity contribution is -0.135. The molecule has 0 bridgehead atoms. The highest BCUT2D eigenvalue weighted by atomic mass is 16.6. The van der Waals surface area contributed by atoms with Gasteiger partial charge in [0.15, 0.2) is 0 Å². The molecular formula is C16H29N3O3. The van der Waals surface area contributed by atoms with Crippen LogP contribution in [0, 0.1) is 0 Å². The summed E-state index contributed by atoms with van der Waals surface area (Å²) in [5.74, 6) is 0.198. The molecule has 2 saturated heterocycles. The van der Waals surface area contributed by atoms with Crippen molar-refractivity contribution in [2.45, 2.75) is 45.6 Å². The number of amides is 2. The second kappa shape index (κ2) is 8.36. The van der Waals surface area contributed by atoms with E-state index >= 15 is 0 Å². The third kappa shape index (κ3) is 4.35. The highest BCUT2D eigenvalue weighted by molar-refractivity contribution is 5.78. The molecule has 0 radical (unpaired) electrons. The van der Waals surface area contributed by atoms with E-state index in [0.717, 1.165) is 13.0 Å². The summed E-state index contributed by atoms with van der Waals surface area (Å²) in [6.45, 7) is 8.33. The molecule has 0 N–H and O–H groups in total. The molecule has 0 saturated carbocycles. The lowest BCUT2D eigenvalue weighted by atomic mass is 10.00. The monoisotopic (exact) mass is 311 g/mol. The van der Waals surface area contributed by atoms with Gasteiger partial charge < -0.3 is 14.5 Å². The topological polar surface area (TPSA) is 53.1 Å². The summed E-state index contributed by atoms with van der Waals surface area (Å²) in [5.41, 5.74) is 0. The molecule has 6 heteroatoms. The van der Waals surface area contributed by atoms with Crippen molar-refractivity contribution in [2.24, 2.45) is 0 Å². The Kier molecular flexibility index (Phi) is 6.49. The van der Waals surface area contributed by atoms with Gasteiger partial charge in [-0.25, -0.2) is 4.79 Å². The van der Waals surface area contributed by atoms with E-state index in [9.17, 15) is 9.59 Å². The van der Waals surface area contributed by atoms with Crippen LogP contribution in [0.1, 0.15) is 39.5 Å². The number of hydrogen-bond donors (Lipinski definition) is 0. The molecule has 0 aromatic rings. The van der Waals surface area contributed by atoms with E-state index in [1.165, 1.54) is 19.3 Å². The summed E-state index contributed by atoms with van der Waals surface area (Å²) in [6, 6.07) is 0.554. The van der Waals surface area contributed by atoms with E-state index in [0.29, 0.717) is 45.4 Å². The Morgan fingerprint density at radius 2 is 1.68 bits per heavy atom. The van der Waals surface area contributed by atoms with Crippen LogP contribution in [0.15, 0.2) is 0 Å². The zero-order valence-corrected chi connectivity index (χ0v) is 13.9. The van der Waals surface area contributed by atoms with Gasteiger partial charge in [0, 0.05) is 32.2 Å². The quantitative estimate of drug-likeness (QED) is 0.790. The van der Waals surface area contributed by atoms with E-state index in [1.807, 2.05) is 4.90 Å². The minimum atomic E-state index is -0.267. The fraction of sp³-hybridized carbons (Fsp3) is 0.875. The number of carbonyl (C=O) groups excluding carboxylic acids is 2. The van der Waals surface area contributed by atoms with Crippen molar-refractivity contribution in [1.82, 2.24) is 14.7 Å². The summed E-state index contributed by atoms with van der Waals surface area (Å²) in [7, 11) is 0. The summed E-state index contributed by atoms with van der Waals surface area (Å²) in [6.07, 6.45) is 4.53. The molecular weight excluding hydrogens is 282 g/mol. The summed E-state index contributed by atoms with van der Waals surface area (Å²) in [5, 5.41) is 0. The number of carbonyl (C=O) groups is 2. The molecule has 0 aliphatic carbocycles. The maximum Gasteiger partial charge on any atom is 0.409 e. The van der Waals surface area contributed by atoms with Gasteiger partial charge >= 0.3 is 6.09 Å². The average molecular weight is 311 g/mol. The van der Waals surface area contributed by atoms with E-state index in [4.69, 9.17) is 4.74 Å². The van der Waals surface area contributed by atoms with Crippen LogP contribution in [0.2, 0.25) is 0 Å². The SMILES string of the molecule is CCOC(=O)N1CCN(C(=O)CN2CCCCC2CC)CC1. The maximum absolute atomic E-state index is 12.5. The predicted molar refractivity (Wildman–Crippen MR) is 84.7 cm³/mol. The maximum atomic E-state index is 12.5. The third-order valence-corrected chi connectivity index (χ3v) is 4.72. The first-order chi connectivity index (χ1) is 10.7. The van der Waals surface area contributed by atoms with Gasteiger partial charge in [-0.1, -0.05) is 13.3 Å². The van der Waals surface area contributed by atoms with E-state index in [2.05, 4.69) is 11.8 Å². The molecule has 126 valence electrons. The van der Waals surface area contributed by atoms with Crippen molar-refractivity contribution >= 4 is 12.0 Å². The second-order valence-electron chi connectivity index (χ2n) is 6.10. The van der Waals surface area contributed by atoms with Crippen LogP contribution in [-0.2, 0) is 9.53 Å². The van der Waals surface area contributed by atoms with Crippen molar-refractivity contribution in [3.63, 3.8) is 0 Å². The van der Waals surface area contributed by atoms with Crippen molar-refractivity contribution in [3.05, 3.63) is 0 Å². The van der Waals surface area contributed by atoms with E-state index in [1.54, 1.807) is 11.8 Å². The van der Waals surface area contributed by atoms with Crippen molar-refractivity contribution in [2.75, 3.05) is 45.9 Å².